The summed E-state index contributed by atoms with van der Waals surface area (Å²) in [5.74, 6) is -0.708. The molecule has 0 aliphatic rings. The Morgan fingerprint density at radius 2 is 2.00 bits per heavy atom. The molecule has 0 aromatic heterocycles. The second kappa shape index (κ2) is 7.04. The van der Waals surface area contributed by atoms with Crippen LogP contribution in [0.1, 0.15) is 40.0 Å². The Hall–Kier alpha value is -1.32. The number of allylic oxidation sites excluding steroid dienone is 1. The van der Waals surface area contributed by atoms with Crippen LogP contribution in [0.15, 0.2) is 11.6 Å². The Balaban J connectivity index is 4.39. The van der Waals surface area contributed by atoms with E-state index in [0.29, 0.717) is 0 Å². The average molecular weight is 212 g/mol. The molecule has 0 heterocycles. The maximum absolute atomic E-state index is 11.7. The van der Waals surface area contributed by atoms with E-state index >= 15 is 0 Å². The second-order valence-electron chi connectivity index (χ2n) is 3.49. The standard InChI is InChI=1S/C11H20N2O2/c1-4-6-9(7-5-2)11(15)13-8(3)10(12)14/h6,8H,4-5,7H2,1-3H3,(H2,12,14)(H,13,15)/b9-6+/t8-/m0/s1. The first-order valence-electron chi connectivity index (χ1n) is 5.32. The lowest BCUT2D eigenvalue weighted by molar-refractivity contribution is -0.125. The molecule has 0 fully saturated rings. The summed E-state index contributed by atoms with van der Waals surface area (Å²) < 4.78 is 0. The number of carbonyl (C=O) groups excluding carboxylic acids is 2. The van der Waals surface area contributed by atoms with Crippen LogP contribution in [-0.2, 0) is 9.59 Å². The predicted molar refractivity (Wildman–Crippen MR) is 60.1 cm³/mol. The molecule has 0 rings (SSSR count). The summed E-state index contributed by atoms with van der Waals surface area (Å²) in [5.41, 5.74) is 5.79. The molecule has 1 atom stereocenters. The average Bonchev–Trinajstić information content (AvgIpc) is 2.17. The van der Waals surface area contributed by atoms with Crippen LogP contribution >= 0.6 is 0 Å². The monoisotopic (exact) mass is 212 g/mol. The first kappa shape index (κ1) is 13.7. The maximum atomic E-state index is 11.7. The third-order valence-electron chi connectivity index (χ3n) is 2.04. The van der Waals surface area contributed by atoms with Gasteiger partial charge in [-0.05, 0) is 19.8 Å². The van der Waals surface area contributed by atoms with Crippen molar-refractivity contribution in [1.29, 1.82) is 0 Å². The summed E-state index contributed by atoms with van der Waals surface area (Å²) in [7, 11) is 0. The van der Waals surface area contributed by atoms with Crippen LogP contribution in [0.3, 0.4) is 0 Å². The highest BCUT2D eigenvalue weighted by atomic mass is 16.2. The third-order valence-corrected chi connectivity index (χ3v) is 2.04. The summed E-state index contributed by atoms with van der Waals surface area (Å²) in [6, 6.07) is -0.616. The normalized spacial score (nSPS) is 13.4. The number of nitrogens with one attached hydrogen (secondary N) is 1. The predicted octanol–water partition coefficient (Wildman–Crippen LogP) is 1.11. The second-order valence-corrected chi connectivity index (χ2v) is 3.49. The van der Waals surface area contributed by atoms with Crippen LogP contribution in [0.5, 0.6) is 0 Å². The van der Waals surface area contributed by atoms with Gasteiger partial charge in [0.25, 0.3) is 0 Å². The van der Waals surface area contributed by atoms with E-state index in [9.17, 15) is 9.59 Å². The fraction of sp³-hybridized carbons (Fsp3) is 0.636. The molecule has 3 N–H and O–H groups in total. The maximum Gasteiger partial charge on any atom is 0.247 e. The SMILES string of the molecule is CC/C=C(\CCC)C(=O)N[C@@H](C)C(N)=O. The molecule has 0 aromatic carbocycles. The van der Waals surface area contributed by atoms with Gasteiger partial charge < -0.3 is 11.1 Å². The first-order chi connectivity index (χ1) is 7.02. The molecule has 4 heteroatoms. The fourth-order valence-corrected chi connectivity index (χ4v) is 1.18. The number of hydrogen-bond acceptors (Lipinski definition) is 2. The van der Waals surface area contributed by atoms with Crippen LogP contribution in [0.4, 0.5) is 0 Å². The Bertz CT molecular complexity index is 259. The zero-order chi connectivity index (χ0) is 11.8. The molecule has 0 bridgehead atoms. The highest BCUT2D eigenvalue weighted by molar-refractivity contribution is 5.96. The van der Waals surface area contributed by atoms with Crippen molar-refractivity contribution < 1.29 is 9.59 Å². The Morgan fingerprint density at radius 1 is 1.40 bits per heavy atom. The summed E-state index contributed by atoms with van der Waals surface area (Å²) in [5, 5.41) is 2.57. The summed E-state index contributed by atoms with van der Waals surface area (Å²) >= 11 is 0. The van der Waals surface area contributed by atoms with Crippen LogP contribution in [0, 0.1) is 0 Å². The third kappa shape index (κ3) is 5.20. The van der Waals surface area contributed by atoms with Gasteiger partial charge in [0, 0.05) is 5.57 Å². The number of amides is 2. The van der Waals surface area contributed by atoms with Crippen LogP contribution < -0.4 is 11.1 Å². The van der Waals surface area contributed by atoms with E-state index in [1.165, 1.54) is 0 Å². The molecular formula is C11H20N2O2. The van der Waals surface area contributed by atoms with E-state index in [4.69, 9.17) is 5.73 Å². The van der Waals surface area contributed by atoms with Crippen molar-refractivity contribution in [1.82, 2.24) is 5.32 Å². The number of primary amides is 1. The van der Waals surface area contributed by atoms with Crippen molar-refractivity contribution in [3.8, 4) is 0 Å². The summed E-state index contributed by atoms with van der Waals surface area (Å²) in [4.78, 5) is 22.4. The molecule has 4 nitrogen and oxygen atoms in total. The largest absolute Gasteiger partial charge is 0.368 e. The van der Waals surface area contributed by atoms with E-state index < -0.39 is 11.9 Å². The van der Waals surface area contributed by atoms with Gasteiger partial charge in [-0.1, -0.05) is 26.3 Å². The van der Waals surface area contributed by atoms with Crippen molar-refractivity contribution >= 4 is 11.8 Å². The number of carbonyl (C=O) groups is 2. The molecule has 0 saturated carbocycles. The summed E-state index contributed by atoms with van der Waals surface area (Å²) in [6.07, 6.45) is 4.33. The van der Waals surface area contributed by atoms with Crippen LogP contribution in [0.25, 0.3) is 0 Å². The fourth-order valence-electron chi connectivity index (χ4n) is 1.18. The number of nitrogens with two attached hydrogens (primary N) is 1. The minimum Gasteiger partial charge on any atom is -0.368 e. The van der Waals surface area contributed by atoms with Gasteiger partial charge in [-0.2, -0.15) is 0 Å². The Kier molecular flexibility index (Phi) is 6.42. The minimum absolute atomic E-state index is 0.190. The van der Waals surface area contributed by atoms with Gasteiger partial charge in [-0.3, -0.25) is 9.59 Å². The van der Waals surface area contributed by atoms with E-state index in [1.807, 2.05) is 19.9 Å². The van der Waals surface area contributed by atoms with Crippen molar-refractivity contribution in [2.75, 3.05) is 0 Å². The van der Waals surface area contributed by atoms with Crippen molar-refractivity contribution in [3.63, 3.8) is 0 Å². The molecule has 15 heavy (non-hydrogen) atoms. The van der Waals surface area contributed by atoms with Crippen LogP contribution in [-0.4, -0.2) is 17.9 Å². The molecule has 0 aromatic rings. The van der Waals surface area contributed by atoms with Crippen molar-refractivity contribution in [2.45, 2.75) is 46.1 Å². The Labute approximate surface area is 90.9 Å². The van der Waals surface area contributed by atoms with Gasteiger partial charge in [-0.25, -0.2) is 0 Å². The minimum atomic E-state index is -0.616. The molecule has 0 aliphatic carbocycles. The Morgan fingerprint density at radius 3 is 2.40 bits per heavy atom. The quantitative estimate of drug-likeness (QED) is 0.647. The lowest BCUT2D eigenvalue weighted by Crippen LogP contribution is -2.42. The lowest BCUT2D eigenvalue weighted by atomic mass is 10.1. The van der Waals surface area contributed by atoms with Gasteiger partial charge in [-0.15, -0.1) is 0 Å². The highest BCUT2D eigenvalue weighted by Crippen LogP contribution is 2.06. The lowest BCUT2D eigenvalue weighted by Gasteiger charge is -2.12. The van der Waals surface area contributed by atoms with Gasteiger partial charge in [0.15, 0.2) is 0 Å². The number of hydrogen-bond donors (Lipinski definition) is 2. The molecule has 0 radical (unpaired) electrons. The zero-order valence-corrected chi connectivity index (χ0v) is 9.67. The van der Waals surface area contributed by atoms with E-state index in [-0.39, 0.29) is 5.91 Å². The first-order valence-corrected chi connectivity index (χ1v) is 5.32. The zero-order valence-electron chi connectivity index (χ0n) is 9.67. The topological polar surface area (TPSA) is 72.2 Å². The number of rotatable bonds is 6. The molecular weight excluding hydrogens is 192 g/mol. The van der Waals surface area contributed by atoms with Crippen molar-refractivity contribution in [3.05, 3.63) is 11.6 Å². The molecule has 86 valence electrons. The smallest absolute Gasteiger partial charge is 0.247 e. The highest BCUT2D eigenvalue weighted by Gasteiger charge is 2.14. The molecule has 0 unspecified atom stereocenters. The molecule has 2 amide bonds. The molecule has 0 aliphatic heterocycles. The van der Waals surface area contributed by atoms with Crippen molar-refractivity contribution in [2.24, 2.45) is 5.73 Å². The van der Waals surface area contributed by atoms with E-state index in [1.54, 1.807) is 6.92 Å². The van der Waals surface area contributed by atoms with Gasteiger partial charge in [0.1, 0.15) is 6.04 Å². The molecule has 0 saturated heterocycles. The molecule has 0 spiro atoms. The summed E-state index contributed by atoms with van der Waals surface area (Å²) in [6.45, 7) is 5.56. The van der Waals surface area contributed by atoms with Gasteiger partial charge in [0.05, 0.1) is 0 Å². The van der Waals surface area contributed by atoms with E-state index in [2.05, 4.69) is 5.32 Å². The van der Waals surface area contributed by atoms with Gasteiger partial charge in [0.2, 0.25) is 11.8 Å². The van der Waals surface area contributed by atoms with Gasteiger partial charge >= 0.3 is 0 Å². The van der Waals surface area contributed by atoms with E-state index in [0.717, 1.165) is 24.8 Å². The van der Waals surface area contributed by atoms with Crippen LogP contribution in [0.2, 0.25) is 0 Å².